The third-order valence-electron chi connectivity index (χ3n) is 1.95. The van der Waals surface area contributed by atoms with Gasteiger partial charge in [0.25, 0.3) is 0 Å². The molecule has 0 fully saturated rings. The van der Waals surface area contributed by atoms with E-state index in [-0.39, 0.29) is 18.8 Å². The van der Waals surface area contributed by atoms with Crippen LogP contribution in [0.25, 0.3) is 0 Å². The van der Waals surface area contributed by atoms with Gasteiger partial charge < -0.3 is 9.84 Å². The fourth-order valence-corrected chi connectivity index (χ4v) is 1.10. The van der Waals surface area contributed by atoms with E-state index in [1.807, 2.05) is 0 Å². The van der Waals surface area contributed by atoms with E-state index in [2.05, 4.69) is 0 Å². The third kappa shape index (κ3) is 3.82. The number of aliphatic hydroxyl groups excluding tert-OH is 1. The average Bonchev–Trinajstić information content (AvgIpc) is 2.35. The highest BCUT2D eigenvalue weighted by atomic mass is 19.1. The average molecular weight is 224 g/mol. The maximum Gasteiger partial charge on any atom is 0.338 e. The molecule has 0 saturated heterocycles. The van der Waals surface area contributed by atoms with Crippen LogP contribution in [0.5, 0.6) is 0 Å². The molecular weight excluding hydrogens is 211 g/mol. The van der Waals surface area contributed by atoms with Gasteiger partial charge in [-0.2, -0.15) is 0 Å². The molecule has 0 amide bonds. The van der Waals surface area contributed by atoms with Crippen molar-refractivity contribution in [1.82, 2.24) is 0 Å². The minimum absolute atomic E-state index is 0.134. The van der Waals surface area contributed by atoms with Crippen LogP contribution >= 0.6 is 0 Å². The molecule has 0 aliphatic rings. The summed E-state index contributed by atoms with van der Waals surface area (Å²) in [5.74, 6) is -0.502. The van der Waals surface area contributed by atoms with Crippen LogP contribution in [0.4, 0.5) is 4.39 Å². The molecule has 0 saturated carbocycles. The zero-order valence-electron chi connectivity index (χ0n) is 8.73. The van der Waals surface area contributed by atoms with Crippen LogP contribution in [0.1, 0.15) is 10.4 Å². The molecule has 0 spiro atoms. The Morgan fingerprint density at radius 3 is 2.62 bits per heavy atom. The van der Waals surface area contributed by atoms with Gasteiger partial charge in [0.1, 0.15) is 13.3 Å². The van der Waals surface area contributed by atoms with E-state index in [0.717, 1.165) is 0 Å². The van der Waals surface area contributed by atoms with E-state index in [0.29, 0.717) is 5.56 Å². The molecule has 0 radical (unpaired) electrons. The van der Waals surface area contributed by atoms with Crippen molar-refractivity contribution in [3.8, 4) is 0 Å². The number of carbonyl (C=O) groups excluding carboxylic acids is 1. The number of hydrogen-bond donors (Lipinski definition) is 1. The molecule has 1 rings (SSSR count). The summed E-state index contributed by atoms with van der Waals surface area (Å²) in [6, 6.07) is 8.46. The van der Waals surface area contributed by atoms with Crippen molar-refractivity contribution in [3.05, 3.63) is 47.5 Å². The van der Waals surface area contributed by atoms with Crippen LogP contribution in [-0.4, -0.2) is 31.0 Å². The van der Waals surface area contributed by atoms with Crippen molar-refractivity contribution in [2.24, 2.45) is 0 Å². The first-order valence-corrected chi connectivity index (χ1v) is 4.85. The first-order chi connectivity index (χ1) is 7.77. The Bertz CT molecular complexity index is 360. The largest absolute Gasteiger partial charge is 0.457 e. The molecule has 16 heavy (non-hydrogen) atoms. The molecule has 1 aromatic carbocycles. The van der Waals surface area contributed by atoms with Gasteiger partial charge in [0, 0.05) is 0 Å². The van der Waals surface area contributed by atoms with Crippen LogP contribution in [0.2, 0.25) is 0 Å². The fraction of sp³-hybridized carbons (Fsp3) is 0.250. The van der Waals surface area contributed by atoms with E-state index < -0.39 is 12.6 Å². The van der Waals surface area contributed by atoms with Gasteiger partial charge >= 0.3 is 5.97 Å². The number of alkyl halides is 1. The molecule has 0 heterocycles. The van der Waals surface area contributed by atoms with Crippen LogP contribution in [0.15, 0.2) is 42.0 Å². The van der Waals surface area contributed by atoms with Crippen LogP contribution in [0, 0.1) is 0 Å². The Hall–Kier alpha value is -1.68. The molecule has 1 N–H and O–H groups in total. The molecule has 4 heteroatoms. The molecule has 0 aliphatic heterocycles. The van der Waals surface area contributed by atoms with E-state index in [1.54, 1.807) is 30.3 Å². The standard InChI is InChI=1S/C12H13FO3/c13-8-10(6-7-14)9-16-12(15)11-4-2-1-3-5-11/h1-6,14H,7-9H2/b10-6+. The minimum atomic E-state index is -0.734. The molecular formula is C12H13FO3. The summed E-state index contributed by atoms with van der Waals surface area (Å²) >= 11 is 0. The van der Waals surface area contributed by atoms with Crippen molar-refractivity contribution in [2.45, 2.75) is 0 Å². The normalized spacial score (nSPS) is 11.2. The maximum atomic E-state index is 12.3. The summed E-state index contributed by atoms with van der Waals surface area (Å²) in [5.41, 5.74) is 0.677. The van der Waals surface area contributed by atoms with E-state index in [1.165, 1.54) is 6.08 Å². The first kappa shape index (κ1) is 12.4. The lowest BCUT2D eigenvalue weighted by atomic mass is 10.2. The predicted octanol–water partition coefficient (Wildman–Crippen LogP) is 1.73. The van der Waals surface area contributed by atoms with Crippen molar-refractivity contribution >= 4 is 5.97 Å². The number of ether oxygens (including phenoxy) is 1. The first-order valence-electron chi connectivity index (χ1n) is 4.85. The summed E-state index contributed by atoms with van der Waals surface area (Å²) in [6.45, 7) is -1.13. The smallest absolute Gasteiger partial charge is 0.338 e. The van der Waals surface area contributed by atoms with Gasteiger partial charge in [-0.1, -0.05) is 24.3 Å². The van der Waals surface area contributed by atoms with E-state index in [4.69, 9.17) is 9.84 Å². The number of rotatable bonds is 5. The van der Waals surface area contributed by atoms with Crippen LogP contribution < -0.4 is 0 Å². The lowest BCUT2D eigenvalue weighted by molar-refractivity contribution is 0.0535. The Balaban J connectivity index is 2.50. The zero-order chi connectivity index (χ0) is 11.8. The van der Waals surface area contributed by atoms with Gasteiger partial charge in [-0.25, -0.2) is 9.18 Å². The van der Waals surface area contributed by atoms with Crippen LogP contribution in [-0.2, 0) is 4.74 Å². The molecule has 0 bridgehead atoms. The Kier molecular flexibility index (Phi) is 5.22. The topological polar surface area (TPSA) is 46.5 Å². The summed E-state index contributed by atoms with van der Waals surface area (Å²) < 4.78 is 17.2. The summed E-state index contributed by atoms with van der Waals surface area (Å²) in [4.78, 5) is 11.4. The highest BCUT2D eigenvalue weighted by Gasteiger charge is 2.06. The van der Waals surface area contributed by atoms with Crippen LogP contribution in [0.3, 0.4) is 0 Å². The van der Waals surface area contributed by atoms with Crippen molar-refractivity contribution in [2.75, 3.05) is 19.9 Å². The summed E-state index contributed by atoms with van der Waals surface area (Å²) in [5, 5.41) is 8.57. The number of carbonyl (C=O) groups is 1. The highest BCUT2D eigenvalue weighted by molar-refractivity contribution is 5.89. The summed E-state index contributed by atoms with van der Waals surface area (Å²) in [6.07, 6.45) is 1.29. The van der Waals surface area contributed by atoms with Gasteiger partial charge in [-0.3, -0.25) is 0 Å². The van der Waals surface area contributed by atoms with Crippen molar-refractivity contribution in [1.29, 1.82) is 0 Å². The number of halogens is 1. The SMILES string of the molecule is O=C(OC/C(=C/CO)CF)c1ccccc1. The second-order valence-electron chi connectivity index (χ2n) is 3.12. The third-order valence-corrected chi connectivity index (χ3v) is 1.95. The second-order valence-corrected chi connectivity index (χ2v) is 3.12. The highest BCUT2D eigenvalue weighted by Crippen LogP contribution is 2.03. The lowest BCUT2D eigenvalue weighted by Crippen LogP contribution is -2.09. The molecule has 3 nitrogen and oxygen atoms in total. The number of hydrogen-bond acceptors (Lipinski definition) is 3. The minimum Gasteiger partial charge on any atom is -0.457 e. The Morgan fingerprint density at radius 1 is 1.38 bits per heavy atom. The monoisotopic (exact) mass is 224 g/mol. The molecule has 0 aromatic heterocycles. The van der Waals surface area contributed by atoms with Gasteiger partial charge in [0.2, 0.25) is 0 Å². The second kappa shape index (κ2) is 6.74. The van der Waals surface area contributed by atoms with E-state index in [9.17, 15) is 9.18 Å². The number of esters is 1. The van der Waals surface area contributed by atoms with Crippen molar-refractivity contribution < 1.29 is 19.0 Å². The molecule has 0 aliphatic carbocycles. The van der Waals surface area contributed by atoms with Crippen molar-refractivity contribution in [3.63, 3.8) is 0 Å². The molecule has 0 unspecified atom stereocenters. The summed E-state index contributed by atoms with van der Waals surface area (Å²) in [7, 11) is 0. The zero-order valence-corrected chi connectivity index (χ0v) is 8.73. The molecule has 0 atom stereocenters. The predicted molar refractivity (Wildman–Crippen MR) is 57.9 cm³/mol. The molecule has 1 aromatic rings. The Morgan fingerprint density at radius 2 is 2.06 bits per heavy atom. The fourth-order valence-electron chi connectivity index (χ4n) is 1.10. The van der Waals surface area contributed by atoms with Gasteiger partial charge in [0.05, 0.1) is 12.2 Å². The number of benzene rings is 1. The van der Waals surface area contributed by atoms with Gasteiger partial charge in [0.15, 0.2) is 0 Å². The number of aliphatic hydroxyl groups is 1. The Labute approximate surface area is 93.2 Å². The lowest BCUT2D eigenvalue weighted by Gasteiger charge is -2.05. The van der Waals surface area contributed by atoms with E-state index >= 15 is 0 Å². The molecule has 86 valence electrons. The van der Waals surface area contributed by atoms with Gasteiger partial charge in [-0.15, -0.1) is 0 Å². The quantitative estimate of drug-likeness (QED) is 0.612. The maximum absolute atomic E-state index is 12.3. The van der Waals surface area contributed by atoms with Gasteiger partial charge in [-0.05, 0) is 17.7 Å².